The van der Waals surface area contributed by atoms with Gasteiger partial charge in [-0.1, -0.05) is 54.6 Å². The highest BCUT2D eigenvalue weighted by molar-refractivity contribution is 5.88. The van der Waals surface area contributed by atoms with E-state index in [-0.39, 0.29) is 65.4 Å². The van der Waals surface area contributed by atoms with E-state index in [0.29, 0.717) is 33.0 Å². The molecule has 0 bridgehead atoms. The van der Waals surface area contributed by atoms with Crippen molar-refractivity contribution in [3.05, 3.63) is 71.3 Å². The van der Waals surface area contributed by atoms with Gasteiger partial charge in [0.05, 0.1) is 65.7 Å². The standard InChI is InChI=1S/C39H58N4O12/c1-49-20-22-51-24-26-53-29-36(45)40-18-16-34(42-37(46)30-54-27-25-52-23-21-50-2)39(48)41-19-17-38(47)55-43-35(44)28-33-14-12-32(13-15-33)11-7-6-10-31-8-4-3-5-9-31/h3-5,8-9,12-15,34H,6-7,10-11,16-30H2,1-2H3,(H,40,45)(H,41,48)(H,42,46)(H,43,44)/t34-/m0/s1. The second-order valence-electron chi connectivity index (χ2n) is 12.3. The molecule has 4 N–H and O–H groups in total. The summed E-state index contributed by atoms with van der Waals surface area (Å²) in [7, 11) is 3.12. The average Bonchev–Trinajstić information content (AvgIpc) is 3.18. The zero-order valence-corrected chi connectivity index (χ0v) is 32.1. The van der Waals surface area contributed by atoms with Crippen LogP contribution in [0.15, 0.2) is 54.6 Å². The van der Waals surface area contributed by atoms with Crippen LogP contribution in [0.1, 0.15) is 42.4 Å². The van der Waals surface area contributed by atoms with Crippen LogP contribution in [0.5, 0.6) is 0 Å². The van der Waals surface area contributed by atoms with Crippen LogP contribution in [0.25, 0.3) is 0 Å². The zero-order chi connectivity index (χ0) is 39.8. The van der Waals surface area contributed by atoms with Crippen molar-refractivity contribution in [2.24, 2.45) is 0 Å². The fraction of sp³-hybridized carbons (Fsp3) is 0.564. The first-order valence-corrected chi connectivity index (χ1v) is 18.5. The van der Waals surface area contributed by atoms with Crippen molar-refractivity contribution in [2.45, 2.75) is 51.0 Å². The average molecular weight is 775 g/mol. The Hall–Kier alpha value is -4.45. The summed E-state index contributed by atoms with van der Waals surface area (Å²) in [4.78, 5) is 67.2. The molecule has 2 aromatic carbocycles. The van der Waals surface area contributed by atoms with Crippen molar-refractivity contribution in [1.82, 2.24) is 21.4 Å². The molecule has 0 spiro atoms. The van der Waals surface area contributed by atoms with Crippen LogP contribution in [0, 0.1) is 0 Å². The number of carbonyl (C=O) groups is 5. The molecule has 16 heteroatoms. The molecule has 0 aromatic heterocycles. The number of hydrogen-bond donors (Lipinski definition) is 4. The summed E-state index contributed by atoms with van der Waals surface area (Å²) in [6.07, 6.45) is 3.95. The van der Waals surface area contributed by atoms with Gasteiger partial charge in [-0.15, -0.1) is 0 Å². The molecule has 1 atom stereocenters. The van der Waals surface area contributed by atoms with Crippen molar-refractivity contribution in [3.63, 3.8) is 0 Å². The highest BCUT2D eigenvalue weighted by Crippen LogP contribution is 2.11. The summed E-state index contributed by atoms with van der Waals surface area (Å²) >= 11 is 0. The number of methoxy groups -OCH3 is 2. The molecule has 0 saturated heterocycles. The third kappa shape index (κ3) is 24.6. The maximum atomic E-state index is 13.0. The number of benzene rings is 2. The van der Waals surface area contributed by atoms with Crippen LogP contribution in [0.3, 0.4) is 0 Å². The van der Waals surface area contributed by atoms with Gasteiger partial charge in [-0.2, -0.15) is 5.48 Å². The molecule has 0 aliphatic rings. The van der Waals surface area contributed by atoms with Crippen LogP contribution >= 0.6 is 0 Å². The van der Waals surface area contributed by atoms with Gasteiger partial charge in [0, 0.05) is 27.3 Å². The minimum Gasteiger partial charge on any atom is -0.382 e. The van der Waals surface area contributed by atoms with Gasteiger partial charge in [0.25, 0.3) is 5.91 Å². The quantitative estimate of drug-likeness (QED) is 0.0633. The molecular weight excluding hydrogens is 716 g/mol. The lowest BCUT2D eigenvalue weighted by atomic mass is 10.0. The summed E-state index contributed by atoms with van der Waals surface area (Å²) in [6.45, 7) is 2.00. The van der Waals surface area contributed by atoms with Gasteiger partial charge in [0.15, 0.2) is 0 Å². The van der Waals surface area contributed by atoms with Crippen molar-refractivity contribution < 1.29 is 57.2 Å². The lowest BCUT2D eigenvalue weighted by Gasteiger charge is -2.19. The number of hydroxylamine groups is 1. The van der Waals surface area contributed by atoms with Gasteiger partial charge in [-0.05, 0) is 48.8 Å². The first-order valence-electron chi connectivity index (χ1n) is 18.5. The molecule has 2 aromatic rings. The Labute approximate surface area is 323 Å². The first-order chi connectivity index (χ1) is 26.8. The largest absolute Gasteiger partial charge is 0.382 e. The van der Waals surface area contributed by atoms with Crippen LogP contribution in [-0.2, 0) is 76.5 Å². The van der Waals surface area contributed by atoms with E-state index in [9.17, 15) is 24.0 Å². The second-order valence-corrected chi connectivity index (χ2v) is 12.3. The van der Waals surface area contributed by atoms with Crippen molar-refractivity contribution in [2.75, 3.05) is 93.4 Å². The number of amides is 4. The molecule has 306 valence electrons. The molecular formula is C39H58N4O12. The van der Waals surface area contributed by atoms with E-state index in [1.807, 2.05) is 42.5 Å². The SMILES string of the molecule is COCCOCCOCC(=O)NCC[C@H](NC(=O)COCCOCCOC)C(=O)NCCC(=O)ONC(=O)Cc1ccc(CCCCc2ccccc2)cc1. The van der Waals surface area contributed by atoms with Crippen LogP contribution in [0.4, 0.5) is 0 Å². The van der Waals surface area contributed by atoms with Gasteiger partial charge in [0.2, 0.25) is 17.7 Å². The predicted octanol–water partition coefficient (Wildman–Crippen LogP) is 1.23. The number of ether oxygens (including phenoxy) is 6. The molecule has 0 radical (unpaired) electrons. The van der Waals surface area contributed by atoms with Crippen molar-refractivity contribution in [1.29, 1.82) is 0 Å². The van der Waals surface area contributed by atoms with Crippen LogP contribution in [-0.4, -0.2) is 129 Å². The lowest BCUT2D eigenvalue weighted by Crippen LogP contribution is -2.49. The topological polar surface area (TPSA) is 198 Å². The number of unbranched alkanes of at least 4 members (excludes halogenated alkanes) is 1. The number of carbonyl (C=O) groups excluding carboxylic acids is 5. The number of rotatable bonds is 31. The van der Waals surface area contributed by atoms with E-state index >= 15 is 0 Å². The second kappa shape index (κ2) is 30.8. The Morgan fingerprint density at radius 2 is 1.13 bits per heavy atom. The molecule has 55 heavy (non-hydrogen) atoms. The van der Waals surface area contributed by atoms with Crippen molar-refractivity contribution >= 4 is 29.6 Å². The number of aryl methyl sites for hydroxylation is 2. The Morgan fingerprint density at radius 3 is 1.75 bits per heavy atom. The third-order valence-corrected chi connectivity index (χ3v) is 7.80. The van der Waals surface area contributed by atoms with Gasteiger partial charge < -0.3 is 49.2 Å². The minimum atomic E-state index is -1.05. The molecule has 0 saturated carbocycles. The summed E-state index contributed by atoms with van der Waals surface area (Å²) in [5, 5.41) is 7.80. The third-order valence-electron chi connectivity index (χ3n) is 7.80. The number of hydrogen-bond acceptors (Lipinski definition) is 12. The summed E-state index contributed by atoms with van der Waals surface area (Å²) in [5.41, 5.74) is 5.44. The monoisotopic (exact) mass is 774 g/mol. The lowest BCUT2D eigenvalue weighted by molar-refractivity contribution is -0.158. The Balaban J connectivity index is 1.70. The predicted molar refractivity (Wildman–Crippen MR) is 202 cm³/mol. The summed E-state index contributed by atoms with van der Waals surface area (Å²) < 4.78 is 30.9. The summed E-state index contributed by atoms with van der Waals surface area (Å²) in [6, 6.07) is 17.1. The van der Waals surface area contributed by atoms with Crippen LogP contribution in [0.2, 0.25) is 0 Å². The molecule has 0 heterocycles. The highest BCUT2D eigenvalue weighted by atomic mass is 16.7. The van der Waals surface area contributed by atoms with E-state index in [4.69, 9.17) is 33.3 Å². The molecule has 16 nitrogen and oxygen atoms in total. The summed E-state index contributed by atoms with van der Waals surface area (Å²) in [5.74, 6) is -2.83. The Morgan fingerprint density at radius 1 is 0.582 bits per heavy atom. The van der Waals surface area contributed by atoms with Gasteiger partial charge in [-0.25, -0.2) is 4.79 Å². The maximum Gasteiger partial charge on any atom is 0.334 e. The minimum absolute atomic E-state index is 0.0240. The molecule has 0 aliphatic carbocycles. The van der Waals surface area contributed by atoms with Gasteiger partial charge in [0.1, 0.15) is 19.3 Å². The van der Waals surface area contributed by atoms with E-state index < -0.39 is 35.6 Å². The molecule has 4 amide bonds. The number of nitrogens with one attached hydrogen (secondary N) is 4. The fourth-order valence-electron chi connectivity index (χ4n) is 4.89. The van der Waals surface area contributed by atoms with E-state index in [1.165, 1.54) is 11.1 Å². The Bertz CT molecular complexity index is 1360. The normalized spacial score (nSPS) is 11.4. The fourth-order valence-corrected chi connectivity index (χ4v) is 4.89. The first kappa shape index (κ1) is 46.7. The Kier molecular flexibility index (Phi) is 26.2. The van der Waals surface area contributed by atoms with Gasteiger partial charge >= 0.3 is 5.97 Å². The zero-order valence-electron chi connectivity index (χ0n) is 32.1. The molecule has 0 aliphatic heterocycles. The van der Waals surface area contributed by atoms with Crippen molar-refractivity contribution in [3.8, 4) is 0 Å². The van der Waals surface area contributed by atoms with E-state index in [0.717, 1.165) is 31.2 Å². The maximum absolute atomic E-state index is 13.0. The van der Waals surface area contributed by atoms with E-state index in [1.54, 1.807) is 14.2 Å². The molecule has 0 fully saturated rings. The van der Waals surface area contributed by atoms with E-state index in [2.05, 4.69) is 33.6 Å². The smallest absolute Gasteiger partial charge is 0.334 e. The molecule has 0 unspecified atom stereocenters. The van der Waals surface area contributed by atoms with Crippen LogP contribution < -0.4 is 21.4 Å². The highest BCUT2D eigenvalue weighted by Gasteiger charge is 2.21. The molecule has 2 rings (SSSR count). The van der Waals surface area contributed by atoms with Gasteiger partial charge in [-0.3, -0.25) is 19.2 Å².